The molecule has 108 valence electrons. The first-order valence-electron chi connectivity index (χ1n) is 7.31. The van der Waals surface area contributed by atoms with Crippen LogP contribution in [-0.2, 0) is 9.53 Å². The first-order valence-corrected chi connectivity index (χ1v) is 7.31. The molecule has 3 rings (SSSR count). The van der Waals surface area contributed by atoms with Gasteiger partial charge in [0, 0.05) is 32.8 Å². The van der Waals surface area contributed by atoms with E-state index < -0.39 is 0 Å². The summed E-state index contributed by atoms with van der Waals surface area (Å²) >= 11 is 0. The van der Waals surface area contributed by atoms with Crippen LogP contribution < -0.4 is 4.90 Å². The third-order valence-electron chi connectivity index (χ3n) is 4.15. The molecule has 1 unspecified atom stereocenters. The second-order valence-corrected chi connectivity index (χ2v) is 5.42. The van der Waals surface area contributed by atoms with Crippen LogP contribution >= 0.6 is 0 Å². The molecule has 2 saturated heterocycles. The Balaban J connectivity index is 1.73. The molecule has 5 nitrogen and oxygen atoms in total. The zero-order valence-corrected chi connectivity index (χ0v) is 11.9. The Hall–Kier alpha value is -1.62. The van der Waals surface area contributed by atoms with Crippen LogP contribution in [0.25, 0.3) is 0 Å². The minimum Gasteiger partial charge on any atom is -0.378 e. The van der Waals surface area contributed by atoms with E-state index in [1.807, 2.05) is 11.1 Å². The highest BCUT2D eigenvalue weighted by atomic mass is 16.5. The van der Waals surface area contributed by atoms with Crippen molar-refractivity contribution in [1.82, 2.24) is 9.88 Å². The van der Waals surface area contributed by atoms with E-state index >= 15 is 0 Å². The van der Waals surface area contributed by atoms with Gasteiger partial charge in [-0.05, 0) is 24.5 Å². The van der Waals surface area contributed by atoms with Crippen LogP contribution in [0.1, 0.15) is 31.4 Å². The van der Waals surface area contributed by atoms with Crippen LogP contribution in [0.4, 0.5) is 5.82 Å². The highest BCUT2D eigenvalue weighted by Gasteiger charge is 2.28. The second kappa shape index (κ2) is 5.79. The summed E-state index contributed by atoms with van der Waals surface area (Å²) in [5.41, 5.74) is 1.15. The van der Waals surface area contributed by atoms with E-state index in [0.29, 0.717) is 0 Å². The Labute approximate surface area is 119 Å². The summed E-state index contributed by atoms with van der Waals surface area (Å²) in [5, 5.41) is 0. The van der Waals surface area contributed by atoms with Crippen molar-refractivity contribution in [2.45, 2.75) is 25.8 Å². The molecule has 0 saturated carbocycles. The number of ether oxygens (including phenoxy) is 1. The predicted molar refractivity (Wildman–Crippen MR) is 76.6 cm³/mol. The number of hydrogen-bond acceptors (Lipinski definition) is 4. The van der Waals surface area contributed by atoms with Gasteiger partial charge in [-0.1, -0.05) is 6.07 Å². The Morgan fingerprint density at radius 2 is 2.10 bits per heavy atom. The summed E-state index contributed by atoms with van der Waals surface area (Å²) in [6, 6.07) is 4.39. The monoisotopic (exact) mass is 275 g/mol. The van der Waals surface area contributed by atoms with E-state index in [2.05, 4.69) is 22.0 Å². The number of aromatic nitrogens is 1. The normalized spacial score (nSPS) is 23.1. The molecule has 0 radical (unpaired) electrons. The lowest BCUT2D eigenvalue weighted by atomic mass is 10.1. The standard InChI is InChI=1S/C15H21N3O2/c1-12(19)18-6-2-3-14(18)13-4-5-15(16-11-13)17-7-9-20-10-8-17/h4-5,11,14H,2-3,6-10H2,1H3. The van der Waals surface area contributed by atoms with Gasteiger partial charge in [0.1, 0.15) is 5.82 Å². The number of rotatable bonds is 2. The Kier molecular flexibility index (Phi) is 3.87. The highest BCUT2D eigenvalue weighted by Crippen LogP contribution is 2.32. The van der Waals surface area contributed by atoms with Gasteiger partial charge < -0.3 is 14.5 Å². The van der Waals surface area contributed by atoms with E-state index in [1.165, 1.54) is 0 Å². The molecule has 1 aromatic rings. The minimum atomic E-state index is 0.157. The zero-order valence-electron chi connectivity index (χ0n) is 11.9. The lowest BCUT2D eigenvalue weighted by Crippen LogP contribution is -2.36. The van der Waals surface area contributed by atoms with Crippen LogP contribution in [0.3, 0.4) is 0 Å². The van der Waals surface area contributed by atoms with Crippen LogP contribution in [0.2, 0.25) is 0 Å². The number of pyridine rings is 1. The summed E-state index contributed by atoms with van der Waals surface area (Å²) in [6.07, 6.45) is 4.05. The van der Waals surface area contributed by atoms with Gasteiger partial charge in [-0.2, -0.15) is 0 Å². The summed E-state index contributed by atoms with van der Waals surface area (Å²) < 4.78 is 5.35. The van der Waals surface area contributed by atoms with Crippen molar-refractivity contribution in [2.75, 3.05) is 37.7 Å². The molecule has 1 aromatic heterocycles. The van der Waals surface area contributed by atoms with E-state index in [9.17, 15) is 4.79 Å². The summed E-state index contributed by atoms with van der Waals surface area (Å²) in [6.45, 7) is 5.85. The summed E-state index contributed by atoms with van der Waals surface area (Å²) in [7, 11) is 0. The van der Waals surface area contributed by atoms with Crippen LogP contribution in [-0.4, -0.2) is 48.6 Å². The molecule has 3 heterocycles. The van der Waals surface area contributed by atoms with Crippen LogP contribution in [0.5, 0.6) is 0 Å². The van der Waals surface area contributed by atoms with E-state index in [-0.39, 0.29) is 11.9 Å². The quantitative estimate of drug-likeness (QED) is 0.822. The number of carbonyl (C=O) groups excluding carboxylic acids is 1. The number of anilines is 1. The minimum absolute atomic E-state index is 0.157. The molecule has 5 heteroatoms. The van der Waals surface area contributed by atoms with Crippen molar-refractivity contribution in [3.05, 3.63) is 23.9 Å². The van der Waals surface area contributed by atoms with Gasteiger partial charge in [0.15, 0.2) is 0 Å². The molecule has 20 heavy (non-hydrogen) atoms. The molecular formula is C15H21N3O2. The van der Waals surface area contributed by atoms with Crippen LogP contribution in [0.15, 0.2) is 18.3 Å². The number of hydrogen-bond donors (Lipinski definition) is 0. The van der Waals surface area contributed by atoms with E-state index in [0.717, 1.165) is 57.1 Å². The molecule has 2 aliphatic rings. The summed E-state index contributed by atoms with van der Waals surface area (Å²) in [4.78, 5) is 20.4. The molecule has 2 aliphatic heterocycles. The topological polar surface area (TPSA) is 45.7 Å². The van der Waals surface area contributed by atoms with Crippen molar-refractivity contribution in [3.8, 4) is 0 Å². The summed E-state index contributed by atoms with van der Waals surface area (Å²) in [5.74, 6) is 1.16. The molecular weight excluding hydrogens is 254 g/mol. The number of morpholine rings is 1. The third-order valence-corrected chi connectivity index (χ3v) is 4.15. The van der Waals surface area contributed by atoms with Gasteiger partial charge in [0.25, 0.3) is 0 Å². The van der Waals surface area contributed by atoms with Gasteiger partial charge in [-0.25, -0.2) is 4.98 Å². The Bertz CT molecular complexity index is 469. The highest BCUT2D eigenvalue weighted by molar-refractivity contribution is 5.74. The first kappa shape index (κ1) is 13.4. The third kappa shape index (κ3) is 2.63. The molecule has 1 amide bonds. The van der Waals surface area contributed by atoms with Crippen molar-refractivity contribution in [2.24, 2.45) is 0 Å². The van der Waals surface area contributed by atoms with Crippen LogP contribution in [0, 0.1) is 0 Å². The lowest BCUT2D eigenvalue weighted by Gasteiger charge is -2.28. The van der Waals surface area contributed by atoms with E-state index in [1.54, 1.807) is 6.92 Å². The van der Waals surface area contributed by atoms with Crippen molar-refractivity contribution < 1.29 is 9.53 Å². The lowest BCUT2D eigenvalue weighted by molar-refractivity contribution is -0.129. The fraction of sp³-hybridized carbons (Fsp3) is 0.600. The van der Waals surface area contributed by atoms with Gasteiger partial charge in [0.2, 0.25) is 5.91 Å². The zero-order chi connectivity index (χ0) is 13.9. The fourth-order valence-electron chi connectivity index (χ4n) is 3.06. The second-order valence-electron chi connectivity index (χ2n) is 5.42. The Morgan fingerprint density at radius 1 is 1.30 bits per heavy atom. The predicted octanol–water partition coefficient (Wildman–Crippen LogP) is 1.60. The molecule has 0 N–H and O–H groups in total. The number of nitrogens with zero attached hydrogens (tertiary/aromatic N) is 3. The van der Waals surface area contributed by atoms with Gasteiger partial charge in [-0.3, -0.25) is 4.79 Å². The largest absolute Gasteiger partial charge is 0.378 e. The van der Waals surface area contributed by atoms with Gasteiger partial charge >= 0.3 is 0 Å². The Morgan fingerprint density at radius 3 is 2.75 bits per heavy atom. The SMILES string of the molecule is CC(=O)N1CCCC1c1ccc(N2CCOCC2)nc1. The fourth-order valence-corrected chi connectivity index (χ4v) is 3.06. The maximum absolute atomic E-state index is 11.6. The smallest absolute Gasteiger partial charge is 0.219 e. The van der Waals surface area contributed by atoms with Gasteiger partial charge in [-0.15, -0.1) is 0 Å². The molecule has 0 spiro atoms. The first-order chi connectivity index (χ1) is 9.75. The molecule has 0 bridgehead atoms. The maximum Gasteiger partial charge on any atom is 0.219 e. The van der Waals surface area contributed by atoms with Gasteiger partial charge in [0.05, 0.1) is 19.3 Å². The average Bonchev–Trinajstić information content (AvgIpc) is 2.98. The molecule has 0 aliphatic carbocycles. The number of likely N-dealkylation sites (tertiary alicyclic amines) is 1. The molecule has 2 fully saturated rings. The van der Waals surface area contributed by atoms with Crippen molar-refractivity contribution in [3.63, 3.8) is 0 Å². The average molecular weight is 275 g/mol. The molecule has 1 atom stereocenters. The van der Waals surface area contributed by atoms with Crippen molar-refractivity contribution in [1.29, 1.82) is 0 Å². The maximum atomic E-state index is 11.6. The van der Waals surface area contributed by atoms with Crippen molar-refractivity contribution >= 4 is 11.7 Å². The van der Waals surface area contributed by atoms with E-state index in [4.69, 9.17) is 4.74 Å². The molecule has 0 aromatic carbocycles. The number of amides is 1. The number of carbonyl (C=O) groups is 1.